The predicted molar refractivity (Wildman–Crippen MR) is 457 cm³/mol. The number of nitrogens with two attached hydrogens (primary N) is 1. The number of aryl methyl sites for hydroxylation is 10. The van der Waals surface area contributed by atoms with Crippen LogP contribution in [-0.4, -0.2) is 160 Å². The molecule has 9 N–H and O–H groups in total. The summed E-state index contributed by atoms with van der Waals surface area (Å²) in [6, 6.07) is 6.72. The second kappa shape index (κ2) is 34.8. The topological polar surface area (TPSA) is 246 Å². The zero-order valence-electron chi connectivity index (χ0n) is 65.1. The maximum atomic E-state index is 5.99. The molecule has 11 aliphatic rings. The van der Waals surface area contributed by atoms with Gasteiger partial charge < -0.3 is 52.8 Å². The number of hydrogen-bond donors (Lipinski definition) is 8. The third-order valence-electron chi connectivity index (χ3n) is 25.9. The second-order valence-electron chi connectivity index (χ2n) is 33.7. The molecule has 0 aromatic carbocycles. The van der Waals surface area contributed by atoms with Crippen LogP contribution in [0.3, 0.4) is 0 Å². The summed E-state index contributed by atoms with van der Waals surface area (Å²) < 4.78 is 0. The van der Waals surface area contributed by atoms with Crippen molar-refractivity contribution in [2.45, 2.75) is 311 Å². The summed E-state index contributed by atoms with van der Waals surface area (Å²) in [4.78, 5) is 63.9. The van der Waals surface area contributed by atoms with Crippen LogP contribution in [0.1, 0.15) is 233 Å². The van der Waals surface area contributed by atoms with Gasteiger partial charge in [0, 0.05) is 90.8 Å². The number of hydrogen-bond acceptors (Lipinski definition) is 25. The van der Waals surface area contributed by atoms with Gasteiger partial charge in [0.05, 0.1) is 26.9 Å². The average molecular weight is 1570 g/mol. The van der Waals surface area contributed by atoms with Crippen molar-refractivity contribution in [2.24, 2.45) is 5.73 Å². The van der Waals surface area contributed by atoms with Crippen molar-refractivity contribution in [1.29, 1.82) is 0 Å². The van der Waals surface area contributed by atoms with Crippen LogP contribution in [0, 0.1) is 0 Å². The van der Waals surface area contributed by atoms with Crippen LogP contribution in [0.15, 0.2) is 31.6 Å². The minimum atomic E-state index is 0.392. The molecule has 0 spiro atoms. The standard InChI is InChI=1S/C18H24N4S.C18H26N4S.C17H24N4S.C16H22N4S.C15H20N4S/c1-3-14-15(4-1)23-18-16(14)17(19-11-20-18)21-12-5-7-13(8-6-12)22-9-2-10-22;1-11(2)21-12-6-8-13(9-7-12)22-17-16-14-4-3-5-15(14)23-18(16)20-10-19-17;1-21(2)12-8-6-11(7-9-12)20-16-15-13-4-3-5-14(13)22-17(15)19-10-18-16;1-17-10-5-7-11(8-6-10)20-15-14-12-3-2-4-13(12)21-16(14)19-9-18-15;16-9-4-6-10(7-5-9)19-14-13-11-2-1-3-12(11)20-15(13)18-8-17-14/h11-13H,1-10H2,(H,19,20,21);10-13,21H,3-9H2,1-2H3,(H,19,20,22);10-12H,3-9H2,1-2H3,(H,18,19,20);9-11,17H,2-8H2,1H3,(H,18,19,20);8-10H,1-7,16H2,(H,17,18,19). The van der Waals surface area contributed by atoms with Gasteiger partial charge in [-0.05, 0) is 293 Å². The average Bonchev–Trinajstić information content (AvgIpc) is 1.65. The molecule has 0 unspecified atom stereocenters. The van der Waals surface area contributed by atoms with E-state index in [1.165, 1.54) is 312 Å². The predicted octanol–water partition coefficient (Wildman–Crippen LogP) is 17.0. The summed E-state index contributed by atoms with van der Waals surface area (Å²) in [5.41, 5.74) is 13.6. The highest BCUT2D eigenvalue weighted by atomic mass is 32.1. The number of rotatable bonds is 15. The van der Waals surface area contributed by atoms with E-state index < -0.39 is 0 Å². The molecular formula is C84H116N20S5. The first-order valence-electron chi connectivity index (χ1n) is 42.2. The van der Waals surface area contributed by atoms with Gasteiger partial charge in [0.1, 0.15) is 84.9 Å². The third kappa shape index (κ3) is 17.1. The maximum absolute atomic E-state index is 5.99. The SMILES string of the molecule is CC(C)NC1CCC(Nc2ncnc3sc4c(c23)CCC4)CC1.CN(C)C1CCC(Nc2ncnc3sc4c(c23)CCC4)CC1.CNC1CCC(Nc2ncnc3sc4c(c23)CCC4)CC1.NC1CCC(Nc2ncnc3sc4c(c23)CCC4)CC1.c1nc(NC2CCC(N3CCC3)CC2)c2c3c(sc2n1)CCC3. The van der Waals surface area contributed by atoms with Crippen molar-refractivity contribution in [3.05, 3.63) is 83.8 Å². The van der Waals surface area contributed by atoms with Gasteiger partial charge in [-0.15, -0.1) is 56.7 Å². The lowest BCUT2D eigenvalue weighted by Gasteiger charge is -2.42. The Bertz CT molecular complexity index is 4710. The second-order valence-corrected chi connectivity index (χ2v) is 39.1. The van der Waals surface area contributed by atoms with Gasteiger partial charge in [0.15, 0.2) is 0 Å². The lowest BCUT2D eigenvalue weighted by molar-refractivity contribution is 0.0889. The van der Waals surface area contributed by atoms with Crippen LogP contribution in [0.25, 0.3) is 51.1 Å². The lowest BCUT2D eigenvalue weighted by atomic mass is 9.88. The molecule has 1 aliphatic heterocycles. The van der Waals surface area contributed by atoms with Gasteiger partial charge in [-0.3, -0.25) is 0 Å². The van der Waals surface area contributed by atoms with E-state index in [-0.39, 0.29) is 0 Å². The molecule has 0 atom stereocenters. The highest BCUT2D eigenvalue weighted by Crippen LogP contribution is 2.46. The van der Waals surface area contributed by atoms with E-state index in [2.05, 4.69) is 132 Å². The Morgan fingerprint density at radius 1 is 0.349 bits per heavy atom. The van der Waals surface area contributed by atoms with Crippen LogP contribution in [-0.2, 0) is 64.2 Å². The summed E-state index contributed by atoms with van der Waals surface area (Å²) in [6.07, 6.45) is 53.3. The van der Waals surface area contributed by atoms with Crippen molar-refractivity contribution in [3.8, 4) is 0 Å². The van der Waals surface area contributed by atoms with E-state index in [1.54, 1.807) is 36.5 Å². The highest BCUT2D eigenvalue weighted by Gasteiger charge is 2.34. The van der Waals surface area contributed by atoms with Crippen molar-refractivity contribution in [1.82, 2.24) is 70.3 Å². The minimum absolute atomic E-state index is 0.392. The van der Waals surface area contributed by atoms with E-state index in [0.29, 0.717) is 54.4 Å². The van der Waals surface area contributed by atoms with Crippen molar-refractivity contribution >= 4 is 137 Å². The Kier molecular flexibility index (Phi) is 24.1. The molecule has 25 heteroatoms. The molecule has 11 heterocycles. The van der Waals surface area contributed by atoms with Gasteiger partial charge in [0.25, 0.3) is 0 Å². The molecule has 6 fully saturated rings. The molecule has 5 saturated carbocycles. The van der Waals surface area contributed by atoms with Gasteiger partial charge in [-0.2, -0.15) is 0 Å². The molecule has 109 heavy (non-hydrogen) atoms. The minimum Gasteiger partial charge on any atom is -0.367 e. The lowest BCUT2D eigenvalue weighted by Crippen LogP contribution is -2.47. The summed E-state index contributed by atoms with van der Waals surface area (Å²) in [7, 11) is 6.46. The summed E-state index contributed by atoms with van der Waals surface area (Å²) in [5, 5.41) is 32.2. The number of nitrogens with zero attached hydrogens (tertiary/aromatic N) is 12. The summed E-state index contributed by atoms with van der Waals surface area (Å²) >= 11 is 9.33. The molecular weight excluding hydrogens is 1450 g/mol. The smallest absolute Gasteiger partial charge is 0.138 e. The number of fused-ring (bicyclic) bond motifs is 15. The zero-order valence-corrected chi connectivity index (χ0v) is 69.2. The monoisotopic (exact) mass is 1560 g/mol. The molecule has 10 aliphatic carbocycles. The third-order valence-corrected chi connectivity index (χ3v) is 31.9. The number of aromatic nitrogens is 10. The normalized spacial score (nSPS) is 25.6. The molecule has 0 bridgehead atoms. The van der Waals surface area contributed by atoms with E-state index in [0.717, 1.165) is 71.7 Å². The summed E-state index contributed by atoms with van der Waals surface area (Å²) in [6.45, 7) is 7.13. The number of likely N-dealkylation sites (tertiary alicyclic amines) is 1. The first-order valence-corrected chi connectivity index (χ1v) is 46.2. The van der Waals surface area contributed by atoms with Gasteiger partial charge in [-0.1, -0.05) is 13.8 Å². The Morgan fingerprint density at radius 2 is 0.624 bits per heavy atom. The Hall–Kier alpha value is -6.00. The fraction of sp³-hybridized carbons (Fsp3) is 0.643. The van der Waals surface area contributed by atoms with Crippen molar-refractivity contribution < 1.29 is 0 Å². The van der Waals surface area contributed by atoms with E-state index in [1.807, 2.05) is 56.7 Å². The zero-order chi connectivity index (χ0) is 73.9. The molecule has 20 nitrogen and oxygen atoms in total. The quantitative estimate of drug-likeness (QED) is 0.0475. The first-order chi connectivity index (χ1) is 53.5. The Labute approximate surface area is 664 Å². The number of thiophene rings is 5. The van der Waals surface area contributed by atoms with Crippen LogP contribution >= 0.6 is 56.7 Å². The van der Waals surface area contributed by atoms with Crippen LogP contribution in [0.2, 0.25) is 0 Å². The van der Waals surface area contributed by atoms with Gasteiger partial charge in [0.2, 0.25) is 0 Å². The van der Waals surface area contributed by atoms with E-state index in [4.69, 9.17) is 5.73 Å². The number of anilines is 5. The largest absolute Gasteiger partial charge is 0.367 e. The number of nitrogens with one attached hydrogen (secondary N) is 7. The van der Waals surface area contributed by atoms with E-state index >= 15 is 0 Å². The van der Waals surface area contributed by atoms with Crippen molar-refractivity contribution in [3.63, 3.8) is 0 Å². The molecule has 0 radical (unpaired) electrons. The Morgan fingerprint density at radius 3 is 0.899 bits per heavy atom. The van der Waals surface area contributed by atoms with Crippen molar-refractivity contribution in [2.75, 3.05) is 60.8 Å². The molecule has 1 saturated heterocycles. The molecule has 0 amide bonds. The van der Waals surface area contributed by atoms with Crippen LogP contribution in [0.4, 0.5) is 29.1 Å². The van der Waals surface area contributed by atoms with Crippen LogP contribution < -0.4 is 43.0 Å². The van der Waals surface area contributed by atoms with E-state index in [9.17, 15) is 0 Å². The fourth-order valence-electron chi connectivity index (χ4n) is 19.9. The molecule has 10 aromatic heterocycles. The fourth-order valence-corrected chi connectivity index (χ4v) is 26.0. The molecule has 582 valence electrons. The maximum Gasteiger partial charge on any atom is 0.138 e. The van der Waals surface area contributed by atoms with Gasteiger partial charge in [-0.25, -0.2) is 49.8 Å². The molecule has 21 rings (SSSR count). The first kappa shape index (κ1) is 75.7. The molecule has 10 aromatic rings. The van der Waals surface area contributed by atoms with Crippen LogP contribution in [0.5, 0.6) is 0 Å². The van der Waals surface area contributed by atoms with Gasteiger partial charge >= 0.3 is 0 Å². The Balaban J connectivity index is 0.0000000996. The highest BCUT2D eigenvalue weighted by molar-refractivity contribution is 7.20. The summed E-state index contributed by atoms with van der Waals surface area (Å²) in [5.74, 6) is 5.39.